The summed E-state index contributed by atoms with van der Waals surface area (Å²) >= 11 is 0. The highest BCUT2D eigenvalue weighted by molar-refractivity contribution is 5.94. The molecule has 29 heavy (non-hydrogen) atoms. The molecule has 1 aliphatic rings. The van der Waals surface area contributed by atoms with Crippen molar-refractivity contribution >= 4 is 30.7 Å². The summed E-state index contributed by atoms with van der Waals surface area (Å²) in [4.78, 5) is 16.0. The number of alkyl halides is 3. The van der Waals surface area contributed by atoms with E-state index in [1.165, 1.54) is 0 Å². The van der Waals surface area contributed by atoms with Gasteiger partial charge in [-0.05, 0) is 56.6 Å². The van der Waals surface area contributed by atoms with Crippen molar-refractivity contribution in [1.29, 1.82) is 0 Å². The number of pyridine rings is 1. The molecule has 2 aromatic rings. The molecule has 0 spiro atoms. The second kappa shape index (κ2) is 10.7. The minimum absolute atomic E-state index is 0. The van der Waals surface area contributed by atoms with E-state index < -0.39 is 11.7 Å². The normalized spacial score (nSPS) is 18.8. The summed E-state index contributed by atoms with van der Waals surface area (Å²) in [7, 11) is 0. The summed E-state index contributed by atoms with van der Waals surface area (Å²) in [6, 6.07) is 8.96. The molecule has 1 aromatic heterocycles. The van der Waals surface area contributed by atoms with Gasteiger partial charge in [-0.3, -0.25) is 4.79 Å². The van der Waals surface area contributed by atoms with E-state index in [-0.39, 0.29) is 42.6 Å². The van der Waals surface area contributed by atoms with Gasteiger partial charge in [0.25, 0.3) is 5.91 Å². The molecule has 160 valence electrons. The number of nitrogens with zero attached hydrogens (tertiary/aromatic N) is 1. The minimum Gasteiger partial charge on any atom is -0.439 e. The number of amides is 1. The maximum atomic E-state index is 12.5. The van der Waals surface area contributed by atoms with Gasteiger partial charge in [0.2, 0.25) is 5.88 Å². The molecule has 5 nitrogen and oxygen atoms in total. The lowest BCUT2D eigenvalue weighted by Gasteiger charge is -2.28. The highest BCUT2D eigenvalue weighted by Crippen LogP contribution is 2.30. The highest BCUT2D eigenvalue weighted by atomic mass is 35.5. The first kappa shape index (κ1) is 25.0. The van der Waals surface area contributed by atoms with E-state index in [1.54, 1.807) is 24.3 Å². The van der Waals surface area contributed by atoms with Crippen LogP contribution in [0.15, 0.2) is 42.6 Å². The van der Waals surface area contributed by atoms with E-state index in [9.17, 15) is 18.0 Å². The second-order valence-corrected chi connectivity index (χ2v) is 6.56. The fraction of sp³-hybridized carbons (Fsp3) is 0.368. The van der Waals surface area contributed by atoms with Crippen LogP contribution in [0.3, 0.4) is 0 Å². The van der Waals surface area contributed by atoms with Crippen LogP contribution < -0.4 is 15.4 Å². The van der Waals surface area contributed by atoms with Crippen molar-refractivity contribution in [2.24, 2.45) is 0 Å². The lowest BCUT2D eigenvalue weighted by atomic mass is 10.0. The highest BCUT2D eigenvalue weighted by Gasteiger charge is 2.30. The summed E-state index contributed by atoms with van der Waals surface area (Å²) in [5, 5.41) is 6.35. The Hall–Kier alpha value is -2.03. The maximum Gasteiger partial charge on any atom is 0.417 e. The Labute approximate surface area is 179 Å². The standard InChI is InChI=1S/C19H20F3N3O2.2ClH/c1-12-10-15(8-9-23-12)25-18(26)13-2-5-16(6-3-13)27-17-7-4-14(11-24-17)19(20,21)22;;/h2-7,11-12,15,23H,8-10H2,1H3,(H,25,26);2*1H. The fourth-order valence-electron chi connectivity index (χ4n) is 2.94. The molecule has 1 saturated heterocycles. The molecule has 1 aliphatic heterocycles. The molecule has 1 fully saturated rings. The zero-order valence-corrected chi connectivity index (χ0v) is 17.2. The molecule has 1 amide bonds. The molecular weight excluding hydrogens is 430 g/mol. The Morgan fingerprint density at radius 1 is 1.17 bits per heavy atom. The van der Waals surface area contributed by atoms with E-state index >= 15 is 0 Å². The summed E-state index contributed by atoms with van der Waals surface area (Å²) < 4.78 is 43.0. The Bertz CT molecular complexity index is 787. The number of hydrogen-bond acceptors (Lipinski definition) is 4. The van der Waals surface area contributed by atoms with Crippen LogP contribution in [0, 0.1) is 0 Å². The summed E-state index contributed by atoms with van der Waals surface area (Å²) in [5.74, 6) is 0.270. The first-order valence-corrected chi connectivity index (χ1v) is 8.66. The van der Waals surface area contributed by atoms with Gasteiger partial charge < -0.3 is 15.4 Å². The van der Waals surface area contributed by atoms with E-state index in [4.69, 9.17) is 4.74 Å². The molecule has 10 heteroatoms. The largest absolute Gasteiger partial charge is 0.439 e. The molecule has 0 saturated carbocycles. The van der Waals surface area contributed by atoms with Crippen LogP contribution in [0.2, 0.25) is 0 Å². The van der Waals surface area contributed by atoms with E-state index in [2.05, 4.69) is 22.5 Å². The predicted molar refractivity (Wildman–Crippen MR) is 108 cm³/mol. The van der Waals surface area contributed by atoms with Crippen LogP contribution in [0.4, 0.5) is 13.2 Å². The summed E-state index contributed by atoms with van der Waals surface area (Å²) in [5.41, 5.74) is -0.344. The first-order valence-electron chi connectivity index (χ1n) is 8.66. The van der Waals surface area contributed by atoms with Crippen LogP contribution >= 0.6 is 24.8 Å². The van der Waals surface area contributed by atoms with Gasteiger partial charge in [-0.15, -0.1) is 24.8 Å². The van der Waals surface area contributed by atoms with Gasteiger partial charge in [0.1, 0.15) is 5.75 Å². The lowest BCUT2D eigenvalue weighted by molar-refractivity contribution is -0.137. The van der Waals surface area contributed by atoms with Crippen LogP contribution in [0.1, 0.15) is 35.7 Å². The number of hydrogen-bond donors (Lipinski definition) is 2. The maximum absolute atomic E-state index is 12.5. The molecule has 3 rings (SSSR count). The molecule has 2 heterocycles. The molecule has 0 radical (unpaired) electrons. The van der Waals surface area contributed by atoms with Gasteiger partial charge in [-0.1, -0.05) is 0 Å². The molecular formula is C19H22Cl2F3N3O2. The average Bonchev–Trinajstić information content (AvgIpc) is 2.62. The quantitative estimate of drug-likeness (QED) is 0.712. The Kier molecular flexibility index (Phi) is 9.19. The van der Waals surface area contributed by atoms with Gasteiger partial charge in [-0.25, -0.2) is 4.98 Å². The zero-order chi connectivity index (χ0) is 19.4. The first-order chi connectivity index (χ1) is 12.8. The molecule has 2 unspecified atom stereocenters. The van der Waals surface area contributed by atoms with E-state index in [0.29, 0.717) is 17.4 Å². The Morgan fingerprint density at radius 3 is 2.41 bits per heavy atom. The number of nitrogens with one attached hydrogen (secondary N) is 2. The number of carbonyl (C=O) groups is 1. The third-order valence-corrected chi connectivity index (χ3v) is 4.36. The number of piperidine rings is 1. The van der Waals surface area contributed by atoms with Gasteiger partial charge in [0.05, 0.1) is 5.56 Å². The number of carbonyl (C=O) groups excluding carboxylic acids is 1. The zero-order valence-electron chi connectivity index (χ0n) is 15.5. The monoisotopic (exact) mass is 451 g/mol. The molecule has 2 N–H and O–H groups in total. The predicted octanol–water partition coefficient (Wildman–Crippen LogP) is 4.61. The number of benzene rings is 1. The average molecular weight is 452 g/mol. The molecule has 2 atom stereocenters. The number of rotatable bonds is 4. The summed E-state index contributed by atoms with van der Waals surface area (Å²) in [6.07, 6.45) is -1.95. The number of halogens is 5. The Morgan fingerprint density at radius 2 is 1.86 bits per heavy atom. The van der Waals surface area contributed by atoms with Crippen LogP contribution in [0.25, 0.3) is 0 Å². The van der Waals surface area contributed by atoms with Gasteiger partial charge in [0.15, 0.2) is 0 Å². The smallest absolute Gasteiger partial charge is 0.417 e. The SMILES string of the molecule is CC1CC(NC(=O)c2ccc(Oc3ccc(C(F)(F)F)cn3)cc2)CCN1.Cl.Cl. The fourth-order valence-corrected chi connectivity index (χ4v) is 2.94. The lowest BCUT2D eigenvalue weighted by Crippen LogP contribution is -2.46. The van der Waals surface area contributed by atoms with Gasteiger partial charge in [0, 0.05) is 29.9 Å². The van der Waals surface area contributed by atoms with Crippen molar-refractivity contribution in [2.75, 3.05) is 6.54 Å². The molecule has 0 aliphatic carbocycles. The third kappa shape index (κ3) is 7.06. The topological polar surface area (TPSA) is 63.2 Å². The summed E-state index contributed by atoms with van der Waals surface area (Å²) in [6.45, 7) is 2.96. The number of ether oxygens (including phenoxy) is 1. The molecule has 1 aromatic carbocycles. The van der Waals surface area contributed by atoms with Crippen molar-refractivity contribution in [3.8, 4) is 11.6 Å². The van der Waals surface area contributed by atoms with Crippen LogP contribution in [-0.4, -0.2) is 29.5 Å². The second-order valence-electron chi connectivity index (χ2n) is 6.56. The van der Waals surface area contributed by atoms with Crippen molar-refractivity contribution in [3.63, 3.8) is 0 Å². The number of aromatic nitrogens is 1. The van der Waals surface area contributed by atoms with Crippen molar-refractivity contribution in [2.45, 2.75) is 38.0 Å². The van der Waals surface area contributed by atoms with Crippen molar-refractivity contribution < 1.29 is 22.7 Å². The van der Waals surface area contributed by atoms with Crippen molar-refractivity contribution in [3.05, 3.63) is 53.7 Å². The van der Waals surface area contributed by atoms with Gasteiger partial charge >= 0.3 is 6.18 Å². The van der Waals surface area contributed by atoms with E-state index in [1.807, 2.05) is 0 Å². The minimum atomic E-state index is -4.44. The van der Waals surface area contributed by atoms with Crippen molar-refractivity contribution in [1.82, 2.24) is 15.6 Å². The van der Waals surface area contributed by atoms with Gasteiger partial charge in [-0.2, -0.15) is 13.2 Å². The molecule has 0 bridgehead atoms. The van der Waals surface area contributed by atoms with E-state index in [0.717, 1.165) is 37.7 Å². The van der Waals surface area contributed by atoms with Crippen LogP contribution in [0.5, 0.6) is 11.6 Å². The van der Waals surface area contributed by atoms with Crippen LogP contribution in [-0.2, 0) is 6.18 Å². The Balaban J connectivity index is 0.00000210. The third-order valence-electron chi connectivity index (χ3n) is 4.36.